The molecule has 37 heavy (non-hydrogen) atoms. The number of pyridine rings is 2. The van der Waals surface area contributed by atoms with Crippen molar-refractivity contribution < 1.29 is 30.0 Å². The Morgan fingerprint density at radius 1 is 0.757 bits per heavy atom. The van der Waals surface area contributed by atoms with Gasteiger partial charge in [0.25, 0.3) is 0 Å². The van der Waals surface area contributed by atoms with Crippen LogP contribution in [0, 0.1) is 6.07 Å². The van der Waals surface area contributed by atoms with Crippen molar-refractivity contribution in [1.29, 1.82) is 0 Å². The van der Waals surface area contributed by atoms with E-state index in [4.69, 9.17) is 5.11 Å². The molecular weight excluding hydrogens is 696 g/mol. The fourth-order valence-electron chi connectivity index (χ4n) is 4.10. The second-order valence-electron chi connectivity index (χ2n) is 7.94. The smallest absolute Gasteiger partial charge is 0.354 e. The zero-order chi connectivity index (χ0) is 24.5. The molecule has 3 aromatic carbocycles. The normalized spacial score (nSPS) is 14.0. The van der Waals surface area contributed by atoms with E-state index in [1.807, 2.05) is 41.9 Å². The van der Waals surface area contributed by atoms with E-state index < -0.39 is 13.9 Å². The molecule has 0 spiro atoms. The average Bonchev–Trinajstić information content (AvgIpc) is 2.94. The molecule has 4 heterocycles. The summed E-state index contributed by atoms with van der Waals surface area (Å²) in [6.45, 7) is 0. The first kappa shape index (κ1) is 25.8. The van der Waals surface area contributed by atoms with Gasteiger partial charge in [0.05, 0.1) is 0 Å². The van der Waals surface area contributed by atoms with Crippen LogP contribution in [0.5, 0.6) is 0 Å². The van der Waals surface area contributed by atoms with E-state index in [1.165, 1.54) is 47.8 Å². The van der Waals surface area contributed by atoms with Crippen LogP contribution < -0.4 is 15.9 Å². The van der Waals surface area contributed by atoms with Crippen LogP contribution >= 0.6 is 31.4 Å². The summed E-state index contributed by atoms with van der Waals surface area (Å²) in [6.07, 6.45) is 3.30. The van der Waals surface area contributed by atoms with Crippen LogP contribution in [0.3, 0.4) is 0 Å². The second kappa shape index (κ2) is 11.3. The Kier molecular flexibility index (Phi) is 7.89. The van der Waals surface area contributed by atoms with Crippen LogP contribution in [0.1, 0.15) is 10.5 Å². The van der Waals surface area contributed by atoms with E-state index in [2.05, 4.69) is 76.7 Å². The first-order valence-corrected chi connectivity index (χ1v) is 14.2. The Morgan fingerprint density at radius 2 is 1.38 bits per heavy atom. The van der Waals surface area contributed by atoms with Crippen LogP contribution in [0.2, 0.25) is 0 Å². The molecule has 0 fully saturated rings. The van der Waals surface area contributed by atoms with Gasteiger partial charge < -0.3 is 10.1 Å². The molecular formula is C29H18IrN2O2PS2-. The summed E-state index contributed by atoms with van der Waals surface area (Å²) >= 11 is 3.74. The quantitative estimate of drug-likeness (QED) is 0.175. The molecule has 0 amide bonds. The predicted octanol–water partition coefficient (Wildman–Crippen LogP) is 6.01. The standard InChI is InChI=1S/C23H13NPS2.C6H5NO2.Ir/c1-3-10-19-17(8-1)25-18-9-2-4-11-20(18)27-22-14-15(13-21(26-19)23(22)25)16-7-5-6-12-24-16;8-6(9)5-3-1-2-4-7-5;/h1-13H;1-4H,(H,8,9);/q-1;;. The Morgan fingerprint density at radius 3 is 1.97 bits per heavy atom. The molecule has 5 aromatic rings. The molecule has 1 N–H and O–H groups in total. The molecule has 8 heteroatoms. The first-order valence-electron chi connectivity index (χ1n) is 11.2. The molecule has 0 saturated carbocycles. The van der Waals surface area contributed by atoms with Crippen molar-refractivity contribution in [2.45, 2.75) is 19.6 Å². The molecule has 2 aliphatic rings. The average molecular weight is 714 g/mol. The molecule has 183 valence electrons. The fraction of sp³-hybridized carbons (Fsp3) is 0. The Labute approximate surface area is 238 Å². The molecule has 0 saturated heterocycles. The number of aromatic nitrogens is 2. The molecule has 0 bridgehead atoms. The minimum Gasteiger partial charge on any atom is -0.477 e. The summed E-state index contributed by atoms with van der Waals surface area (Å²) in [4.78, 5) is 23.6. The number of hydrogen-bond acceptors (Lipinski definition) is 5. The van der Waals surface area contributed by atoms with E-state index in [9.17, 15) is 4.79 Å². The number of rotatable bonds is 2. The summed E-state index contributed by atoms with van der Waals surface area (Å²) in [5.74, 6) is -0.990. The van der Waals surface area contributed by atoms with Crippen molar-refractivity contribution in [3.05, 3.63) is 115 Å². The van der Waals surface area contributed by atoms with Crippen molar-refractivity contribution in [2.24, 2.45) is 0 Å². The molecule has 1 atom stereocenters. The van der Waals surface area contributed by atoms with Gasteiger partial charge in [-0.3, -0.25) is 0 Å². The number of benzene rings is 3. The van der Waals surface area contributed by atoms with Gasteiger partial charge in [0, 0.05) is 42.3 Å². The third-order valence-corrected chi connectivity index (χ3v) is 11.1. The van der Waals surface area contributed by atoms with E-state index in [-0.39, 0.29) is 25.8 Å². The number of hydrogen-bond donors (Lipinski definition) is 1. The van der Waals surface area contributed by atoms with Crippen LogP contribution in [-0.4, -0.2) is 21.0 Å². The summed E-state index contributed by atoms with van der Waals surface area (Å²) in [5, 5.41) is 12.7. The number of nitrogens with zero attached hydrogens (tertiary/aromatic N) is 2. The van der Waals surface area contributed by atoms with Crippen LogP contribution in [-0.2, 0) is 20.1 Å². The summed E-state index contributed by atoms with van der Waals surface area (Å²) in [6, 6.07) is 34.5. The molecule has 1 unspecified atom stereocenters. The fourth-order valence-corrected chi connectivity index (χ4v) is 9.99. The van der Waals surface area contributed by atoms with Gasteiger partial charge in [0.1, 0.15) is 5.69 Å². The van der Waals surface area contributed by atoms with Crippen molar-refractivity contribution in [2.75, 3.05) is 0 Å². The van der Waals surface area contributed by atoms with Gasteiger partial charge in [-0.1, -0.05) is 77.6 Å². The number of carbonyl (C=O) groups is 1. The molecule has 2 aliphatic heterocycles. The summed E-state index contributed by atoms with van der Waals surface area (Å²) in [5.41, 5.74) is 2.15. The van der Waals surface area contributed by atoms with E-state index >= 15 is 0 Å². The zero-order valence-electron chi connectivity index (χ0n) is 19.2. The zero-order valence-corrected chi connectivity index (χ0v) is 24.1. The van der Waals surface area contributed by atoms with E-state index in [1.54, 1.807) is 12.1 Å². The number of fused-ring (bicyclic) bond motifs is 4. The van der Waals surface area contributed by atoms with Gasteiger partial charge in [0.15, 0.2) is 0 Å². The van der Waals surface area contributed by atoms with Gasteiger partial charge >= 0.3 is 5.97 Å². The summed E-state index contributed by atoms with van der Waals surface area (Å²) < 4.78 is 0. The van der Waals surface area contributed by atoms with Crippen molar-refractivity contribution >= 4 is 53.3 Å². The van der Waals surface area contributed by atoms with Crippen LogP contribution in [0.25, 0.3) is 11.3 Å². The topological polar surface area (TPSA) is 63.1 Å². The van der Waals surface area contributed by atoms with Gasteiger partial charge in [-0.15, -0.1) is 41.2 Å². The van der Waals surface area contributed by atoms with E-state index in [0.717, 1.165) is 11.3 Å². The van der Waals surface area contributed by atoms with Crippen LogP contribution in [0.4, 0.5) is 0 Å². The van der Waals surface area contributed by atoms with Gasteiger partial charge in [0.2, 0.25) is 0 Å². The van der Waals surface area contributed by atoms with E-state index in [0.29, 0.717) is 0 Å². The maximum atomic E-state index is 10.1. The molecule has 2 aromatic heterocycles. The van der Waals surface area contributed by atoms with Crippen molar-refractivity contribution in [3.63, 3.8) is 0 Å². The SMILES string of the molecule is O=C(O)c1ccccn1.[Ir].[c-]1c(-c2ccccn2)cc2c3c1Sc1ccccc1P3c1ccccc1S2. The molecule has 4 nitrogen and oxygen atoms in total. The van der Waals surface area contributed by atoms with Gasteiger partial charge in [-0.25, -0.2) is 9.78 Å². The largest absolute Gasteiger partial charge is 0.477 e. The summed E-state index contributed by atoms with van der Waals surface area (Å²) in [7, 11) is -0.526. The Hall–Kier alpha value is -2.79. The van der Waals surface area contributed by atoms with Gasteiger partial charge in [-0.05, 0) is 46.6 Å². The first-order chi connectivity index (χ1) is 17.7. The van der Waals surface area contributed by atoms with Crippen molar-refractivity contribution in [3.8, 4) is 11.3 Å². The molecule has 1 radical (unpaired) electrons. The number of carboxylic acids is 1. The Bertz CT molecular complexity index is 1520. The second-order valence-corrected chi connectivity index (χ2v) is 12.2. The predicted molar refractivity (Wildman–Crippen MR) is 147 cm³/mol. The van der Waals surface area contributed by atoms with Crippen LogP contribution in [0.15, 0.2) is 123 Å². The molecule has 7 rings (SSSR count). The molecule has 0 aliphatic carbocycles. The minimum absolute atomic E-state index is 0. The maximum absolute atomic E-state index is 10.1. The van der Waals surface area contributed by atoms with Gasteiger partial charge in [-0.2, -0.15) is 0 Å². The number of carboxylic acid groups (broad SMARTS) is 1. The number of aromatic carboxylic acids is 1. The minimum atomic E-state index is -0.990. The van der Waals surface area contributed by atoms with Crippen molar-refractivity contribution in [1.82, 2.24) is 9.97 Å². The maximum Gasteiger partial charge on any atom is 0.354 e. The Balaban J connectivity index is 0.000000241. The monoisotopic (exact) mass is 714 g/mol. The third kappa shape index (κ3) is 5.16. The third-order valence-electron chi connectivity index (χ3n) is 5.66.